The predicted octanol–water partition coefficient (Wildman–Crippen LogP) is 1.96. The summed E-state index contributed by atoms with van der Waals surface area (Å²) in [7, 11) is 0. The third kappa shape index (κ3) is 3.34. The van der Waals surface area contributed by atoms with Crippen LogP contribution in [-0.2, 0) is 0 Å². The highest BCUT2D eigenvalue weighted by Gasteiger charge is 2.06. The van der Waals surface area contributed by atoms with E-state index in [4.69, 9.17) is 0 Å². The Labute approximate surface area is 85.2 Å². The molecule has 1 heterocycles. The minimum absolute atomic E-state index is 0.264. The van der Waals surface area contributed by atoms with Crippen LogP contribution in [0.25, 0.3) is 0 Å². The first-order valence-corrected chi connectivity index (χ1v) is 4.95. The molecule has 2 unspecified atom stereocenters. The van der Waals surface area contributed by atoms with Gasteiger partial charge in [0.05, 0.1) is 6.10 Å². The fourth-order valence-electron chi connectivity index (χ4n) is 1.47. The van der Waals surface area contributed by atoms with E-state index in [1.54, 1.807) is 13.1 Å². The van der Waals surface area contributed by atoms with Crippen LogP contribution < -0.4 is 5.32 Å². The molecule has 0 fully saturated rings. The van der Waals surface area contributed by atoms with E-state index >= 15 is 0 Å². The molecule has 0 aromatic carbocycles. The Hall–Kier alpha value is -1.09. The second-order valence-corrected chi connectivity index (χ2v) is 3.82. The van der Waals surface area contributed by atoms with E-state index < -0.39 is 0 Å². The largest absolute Gasteiger partial charge is 0.393 e. The average Bonchev–Trinajstić information content (AvgIpc) is 2.07. The van der Waals surface area contributed by atoms with Gasteiger partial charge in [-0.2, -0.15) is 0 Å². The molecule has 0 spiro atoms. The van der Waals surface area contributed by atoms with Gasteiger partial charge in [-0.25, -0.2) is 0 Å². The number of aliphatic hydroxyl groups is 1. The molecule has 0 aliphatic heterocycles. The molecule has 0 saturated carbocycles. The number of aliphatic hydroxyl groups excluding tert-OH is 1. The Bertz CT molecular complexity index is 286. The van der Waals surface area contributed by atoms with E-state index in [0.29, 0.717) is 0 Å². The normalized spacial score (nSPS) is 14.9. The van der Waals surface area contributed by atoms with Crippen molar-refractivity contribution >= 4 is 5.69 Å². The average molecular weight is 194 g/mol. The minimum Gasteiger partial charge on any atom is -0.393 e. The zero-order valence-corrected chi connectivity index (χ0v) is 8.99. The highest BCUT2D eigenvalue weighted by Crippen LogP contribution is 2.14. The molecule has 0 amide bonds. The highest BCUT2D eigenvalue weighted by atomic mass is 16.3. The van der Waals surface area contributed by atoms with Gasteiger partial charge >= 0.3 is 0 Å². The molecule has 0 bridgehead atoms. The van der Waals surface area contributed by atoms with Gasteiger partial charge in [0.1, 0.15) is 0 Å². The molecule has 1 aromatic rings. The molecule has 3 heteroatoms. The quantitative estimate of drug-likeness (QED) is 0.770. The lowest BCUT2D eigenvalue weighted by atomic mass is 10.1. The molecule has 1 aromatic heterocycles. The van der Waals surface area contributed by atoms with Crippen molar-refractivity contribution in [3.8, 4) is 0 Å². The Morgan fingerprint density at radius 3 is 2.79 bits per heavy atom. The van der Waals surface area contributed by atoms with Gasteiger partial charge in [-0.1, -0.05) is 0 Å². The molecule has 2 atom stereocenters. The number of aryl methyl sites for hydroxylation is 1. The molecular formula is C11H18N2O. The van der Waals surface area contributed by atoms with Crippen LogP contribution in [0.4, 0.5) is 5.69 Å². The summed E-state index contributed by atoms with van der Waals surface area (Å²) in [5.74, 6) is 0. The van der Waals surface area contributed by atoms with Crippen LogP contribution in [0.5, 0.6) is 0 Å². The van der Waals surface area contributed by atoms with E-state index in [9.17, 15) is 5.11 Å². The van der Waals surface area contributed by atoms with Gasteiger partial charge in [0.15, 0.2) is 0 Å². The second kappa shape index (κ2) is 4.96. The third-order valence-corrected chi connectivity index (χ3v) is 2.12. The van der Waals surface area contributed by atoms with E-state index in [-0.39, 0.29) is 12.1 Å². The lowest BCUT2D eigenvalue weighted by Crippen LogP contribution is -2.21. The molecule has 0 aliphatic carbocycles. The zero-order chi connectivity index (χ0) is 10.6. The van der Waals surface area contributed by atoms with Crippen molar-refractivity contribution in [2.45, 2.75) is 39.3 Å². The van der Waals surface area contributed by atoms with Crippen molar-refractivity contribution in [2.75, 3.05) is 5.32 Å². The Balaban J connectivity index is 2.56. The number of hydrogen-bond acceptors (Lipinski definition) is 3. The van der Waals surface area contributed by atoms with Crippen molar-refractivity contribution in [3.63, 3.8) is 0 Å². The third-order valence-electron chi connectivity index (χ3n) is 2.12. The molecule has 1 rings (SSSR count). The summed E-state index contributed by atoms with van der Waals surface area (Å²) in [5, 5.41) is 12.6. The molecule has 0 aliphatic rings. The van der Waals surface area contributed by atoms with Crippen molar-refractivity contribution in [1.29, 1.82) is 0 Å². The van der Waals surface area contributed by atoms with Gasteiger partial charge < -0.3 is 10.4 Å². The Kier molecular flexibility index (Phi) is 3.89. The summed E-state index contributed by atoms with van der Waals surface area (Å²) in [6.07, 6.45) is 4.09. The van der Waals surface area contributed by atoms with Gasteiger partial charge in [0.2, 0.25) is 0 Å². The van der Waals surface area contributed by atoms with Crippen molar-refractivity contribution in [2.24, 2.45) is 0 Å². The van der Waals surface area contributed by atoms with E-state index in [2.05, 4.69) is 17.2 Å². The number of nitrogens with zero attached hydrogens (tertiary/aromatic N) is 1. The Morgan fingerprint density at radius 1 is 1.50 bits per heavy atom. The van der Waals surface area contributed by atoms with Crippen molar-refractivity contribution in [1.82, 2.24) is 4.98 Å². The summed E-state index contributed by atoms with van der Waals surface area (Å²) in [6.45, 7) is 5.88. The first-order valence-electron chi connectivity index (χ1n) is 4.95. The number of pyridine rings is 1. The first kappa shape index (κ1) is 11.0. The smallest absolute Gasteiger partial charge is 0.0531 e. The summed E-state index contributed by atoms with van der Waals surface area (Å²) in [4.78, 5) is 4.02. The van der Waals surface area contributed by atoms with Crippen LogP contribution in [-0.4, -0.2) is 22.2 Å². The van der Waals surface area contributed by atoms with E-state index in [1.165, 1.54) is 0 Å². The van der Waals surface area contributed by atoms with Gasteiger partial charge in [-0.15, -0.1) is 0 Å². The lowest BCUT2D eigenvalue weighted by molar-refractivity contribution is 0.179. The van der Waals surface area contributed by atoms with Gasteiger partial charge in [-0.05, 0) is 38.8 Å². The number of anilines is 1. The van der Waals surface area contributed by atoms with Crippen molar-refractivity contribution < 1.29 is 5.11 Å². The van der Waals surface area contributed by atoms with Gasteiger partial charge in [0, 0.05) is 24.1 Å². The summed E-state index contributed by atoms with van der Waals surface area (Å²) >= 11 is 0. The molecule has 2 N–H and O–H groups in total. The van der Waals surface area contributed by atoms with Gasteiger partial charge in [-0.3, -0.25) is 4.98 Å². The maximum Gasteiger partial charge on any atom is 0.0531 e. The van der Waals surface area contributed by atoms with Crippen molar-refractivity contribution in [3.05, 3.63) is 24.0 Å². The van der Waals surface area contributed by atoms with Crippen LogP contribution >= 0.6 is 0 Å². The maximum absolute atomic E-state index is 9.22. The standard InChI is InChI=1S/C11H18N2O/c1-8-7-12-5-4-11(8)13-9(2)6-10(3)14/h4-5,7,9-10,14H,6H2,1-3H3,(H,12,13). The second-order valence-electron chi connectivity index (χ2n) is 3.82. The predicted molar refractivity (Wildman–Crippen MR) is 58.4 cm³/mol. The fourth-order valence-corrected chi connectivity index (χ4v) is 1.47. The van der Waals surface area contributed by atoms with Crippen LogP contribution in [0.2, 0.25) is 0 Å². The molecule has 14 heavy (non-hydrogen) atoms. The van der Waals surface area contributed by atoms with Crippen LogP contribution in [0, 0.1) is 6.92 Å². The van der Waals surface area contributed by atoms with Crippen LogP contribution in [0.15, 0.2) is 18.5 Å². The monoisotopic (exact) mass is 194 g/mol. The lowest BCUT2D eigenvalue weighted by Gasteiger charge is -2.17. The number of rotatable bonds is 4. The van der Waals surface area contributed by atoms with Crippen LogP contribution in [0.1, 0.15) is 25.8 Å². The first-order chi connectivity index (χ1) is 6.59. The van der Waals surface area contributed by atoms with Crippen LogP contribution in [0.3, 0.4) is 0 Å². The number of nitrogens with one attached hydrogen (secondary N) is 1. The highest BCUT2D eigenvalue weighted by molar-refractivity contribution is 5.49. The minimum atomic E-state index is -0.264. The number of aromatic nitrogens is 1. The SMILES string of the molecule is Cc1cnccc1NC(C)CC(C)O. The fraction of sp³-hybridized carbons (Fsp3) is 0.545. The summed E-state index contributed by atoms with van der Waals surface area (Å²) < 4.78 is 0. The summed E-state index contributed by atoms with van der Waals surface area (Å²) in [5.41, 5.74) is 2.22. The topological polar surface area (TPSA) is 45.2 Å². The van der Waals surface area contributed by atoms with Gasteiger partial charge in [0.25, 0.3) is 0 Å². The van der Waals surface area contributed by atoms with E-state index in [1.807, 2.05) is 19.2 Å². The molecule has 0 saturated heterocycles. The zero-order valence-electron chi connectivity index (χ0n) is 8.99. The molecule has 78 valence electrons. The molecule has 0 radical (unpaired) electrons. The maximum atomic E-state index is 9.22. The number of hydrogen-bond donors (Lipinski definition) is 2. The van der Waals surface area contributed by atoms with E-state index in [0.717, 1.165) is 17.7 Å². The molecular weight excluding hydrogens is 176 g/mol. The molecule has 3 nitrogen and oxygen atoms in total. The Morgan fingerprint density at radius 2 is 2.21 bits per heavy atom. The summed E-state index contributed by atoms with van der Waals surface area (Å²) in [6, 6.07) is 2.23.